The Bertz CT molecular complexity index is 525. The molecule has 1 aromatic rings. The van der Waals surface area contributed by atoms with Gasteiger partial charge in [0, 0.05) is 12.0 Å². The number of hydrogen-bond donors (Lipinski definition) is 0. The van der Waals surface area contributed by atoms with E-state index in [9.17, 15) is 18.4 Å². The van der Waals surface area contributed by atoms with Crippen molar-refractivity contribution in [2.24, 2.45) is 0 Å². The summed E-state index contributed by atoms with van der Waals surface area (Å²) in [6, 6.07) is 3.45. The molecule has 0 amide bonds. The lowest BCUT2D eigenvalue weighted by atomic mass is 9.97. The van der Waals surface area contributed by atoms with Gasteiger partial charge in [-0.2, -0.15) is 8.78 Å². The largest absolute Gasteiger partial charge is 0.462 e. The first-order chi connectivity index (χ1) is 8.96. The number of ether oxygens (including phenoxy) is 2. The maximum Gasteiger partial charge on any atom is 0.381 e. The van der Waals surface area contributed by atoms with Crippen LogP contribution >= 0.6 is 0 Å². The van der Waals surface area contributed by atoms with E-state index in [0.717, 1.165) is 12.1 Å². The molecule has 0 fully saturated rings. The van der Waals surface area contributed by atoms with Crippen molar-refractivity contribution in [1.82, 2.24) is 0 Å². The van der Waals surface area contributed by atoms with E-state index >= 15 is 0 Å². The van der Waals surface area contributed by atoms with Crippen LogP contribution in [0.15, 0.2) is 18.2 Å². The Morgan fingerprint density at radius 1 is 1.47 bits per heavy atom. The number of esters is 2. The van der Waals surface area contributed by atoms with Crippen molar-refractivity contribution < 1.29 is 27.8 Å². The van der Waals surface area contributed by atoms with E-state index in [0.29, 0.717) is 12.0 Å². The quantitative estimate of drug-likeness (QED) is 0.789. The molecule has 0 atom stereocenters. The zero-order valence-corrected chi connectivity index (χ0v) is 10.2. The Hall–Kier alpha value is -1.98. The number of carbonyl (C=O) groups excluding carboxylic acids is 2. The summed E-state index contributed by atoms with van der Waals surface area (Å²) in [5.74, 6) is -5.84. The number of benzene rings is 1. The van der Waals surface area contributed by atoms with Gasteiger partial charge in [-0.25, -0.2) is 9.59 Å². The predicted molar refractivity (Wildman–Crippen MR) is 61.0 cm³/mol. The van der Waals surface area contributed by atoms with Crippen LogP contribution in [0.5, 0.6) is 0 Å². The molecule has 1 aliphatic rings. The number of halogens is 2. The summed E-state index contributed by atoms with van der Waals surface area (Å²) in [7, 11) is 0. The molecule has 102 valence electrons. The normalized spacial score (nSPS) is 14.6. The second kappa shape index (κ2) is 4.95. The molecule has 4 nitrogen and oxygen atoms in total. The Balaban J connectivity index is 2.36. The topological polar surface area (TPSA) is 52.6 Å². The highest BCUT2D eigenvalue weighted by Crippen LogP contribution is 2.32. The molecule has 0 saturated carbocycles. The minimum atomic E-state index is -3.72. The Labute approximate surface area is 108 Å². The molecular weight excluding hydrogens is 258 g/mol. The minimum absolute atomic E-state index is 0.119. The molecule has 0 N–H and O–H groups in total. The summed E-state index contributed by atoms with van der Waals surface area (Å²) in [4.78, 5) is 22.6. The van der Waals surface area contributed by atoms with E-state index in [-0.39, 0.29) is 18.8 Å². The van der Waals surface area contributed by atoms with Gasteiger partial charge in [-0.15, -0.1) is 0 Å². The van der Waals surface area contributed by atoms with Crippen LogP contribution in [0, 0.1) is 0 Å². The minimum Gasteiger partial charge on any atom is -0.462 e. The summed E-state index contributed by atoms with van der Waals surface area (Å²) >= 11 is 0. The van der Waals surface area contributed by atoms with Gasteiger partial charge in [0.2, 0.25) is 0 Å². The molecule has 0 radical (unpaired) electrons. The SMILES string of the molecule is CCOC(=O)C(F)(F)c1ccc2c(c1)CCOC2=O. The van der Waals surface area contributed by atoms with Crippen LogP contribution in [0.2, 0.25) is 0 Å². The highest BCUT2D eigenvalue weighted by molar-refractivity contribution is 5.92. The smallest absolute Gasteiger partial charge is 0.381 e. The second-order valence-corrected chi connectivity index (χ2v) is 4.05. The van der Waals surface area contributed by atoms with Gasteiger partial charge in [-0.3, -0.25) is 0 Å². The van der Waals surface area contributed by atoms with E-state index in [1.807, 2.05) is 0 Å². The van der Waals surface area contributed by atoms with E-state index in [4.69, 9.17) is 4.74 Å². The van der Waals surface area contributed by atoms with Gasteiger partial charge in [-0.1, -0.05) is 6.07 Å². The molecule has 19 heavy (non-hydrogen) atoms. The van der Waals surface area contributed by atoms with Crippen molar-refractivity contribution in [3.8, 4) is 0 Å². The van der Waals surface area contributed by atoms with Crippen LogP contribution in [0.25, 0.3) is 0 Å². The predicted octanol–water partition coefficient (Wildman–Crippen LogP) is 2.05. The zero-order valence-electron chi connectivity index (χ0n) is 10.2. The Kier molecular flexibility index (Phi) is 3.50. The maximum absolute atomic E-state index is 13.8. The molecular formula is C13H12F2O4. The second-order valence-electron chi connectivity index (χ2n) is 4.05. The monoisotopic (exact) mass is 270 g/mol. The number of alkyl halides is 2. The average Bonchev–Trinajstić information content (AvgIpc) is 2.39. The molecule has 6 heteroatoms. The first-order valence-electron chi connectivity index (χ1n) is 5.82. The summed E-state index contributed by atoms with van der Waals surface area (Å²) in [6.45, 7) is 1.49. The third-order valence-electron chi connectivity index (χ3n) is 2.82. The first-order valence-corrected chi connectivity index (χ1v) is 5.82. The van der Waals surface area contributed by atoms with Gasteiger partial charge in [0.25, 0.3) is 0 Å². The van der Waals surface area contributed by atoms with E-state index < -0.39 is 23.4 Å². The molecule has 0 saturated heterocycles. The van der Waals surface area contributed by atoms with Crippen LogP contribution in [0.4, 0.5) is 8.78 Å². The third-order valence-corrected chi connectivity index (χ3v) is 2.82. The number of hydrogen-bond acceptors (Lipinski definition) is 4. The fourth-order valence-corrected chi connectivity index (χ4v) is 1.87. The molecule has 0 unspecified atom stereocenters. The van der Waals surface area contributed by atoms with Crippen LogP contribution in [0.3, 0.4) is 0 Å². The van der Waals surface area contributed by atoms with Crippen molar-refractivity contribution in [3.05, 3.63) is 34.9 Å². The summed E-state index contributed by atoms with van der Waals surface area (Å²) in [5.41, 5.74) is 0.242. The van der Waals surface area contributed by atoms with Crippen molar-refractivity contribution in [2.45, 2.75) is 19.3 Å². The standard InChI is InChI=1S/C13H12F2O4/c1-2-18-12(17)13(14,15)9-3-4-10-8(7-9)5-6-19-11(10)16/h3-4,7H,2,5-6H2,1H3. The lowest BCUT2D eigenvalue weighted by Gasteiger charge is -2.19. The van der Waals surface area contributed by atoms with Gasteiger partial charge in [0.15, 0.2) is 0 Å². The van der Waals surface area contributed by atoms with Crippen molar-refractivity contribution in [3.63, 3.8) is 0 Å². The lowest BCUT2D eigenvalue weighted by molar-refractivity contribution is -0.173. The van der Waals surface area contributed by atoms with Crippen LogP contribution in [0.1, 0.15) is 28.4 Å². The summed E-state index contributed by atoms with van der Waals surface area (Å²) in [5, 5.41) is 0. The van der Waals surface area contributed by atoms with Crippen LogP contribution in [-0.2, 0) is 26.6 Å². The van der Waals surface area contributed by atoms with Crippen molar-refractivity contribution in [2.75, 3.05) is 13.2 Å². The maximum atomic E-state index is 13.8. The van der Waals surface area contributed by atoms with Crippen molar-refractivity contribution in [1.29, 1.82) is 0 Å². The van der Waals surface area contributed by atoms with Gasteiger partial charge in [0.1, 0.15) is 0 Å². The molecule has 1 aliphatic heterocycles. The van der Waals surface area contributed by atoms with Crippen molar-refractivity contribution >= 4 is 11.9 Å². The summed E-state index contributed by atoms with van der Waals surface area (Å²) in [6.07, 6.45) is 0.355. The third kappa shape index (κ3) is 2.43. The van der Waals surface area contributed by atoms with E-state index in [1.54, 1.807) is 0 Å². The molecule has 1 aromatic carbocycles. The number of cyclic esters (lactones) is 1. The highest BCUT2D eigenvalue weighted by atomic mass is 19.3. The molecule has 0 spiro atoms. The molecule has 2 rings (SSSR count). The average molecular weight is 270 g/mol. The molecule has 1 heterocycles. The first kappa shape index (κ1) is 13.5. The highest BCUT2D eigenvalue weighted by Gasteiger charge is 2.43. The van der Waals surface area contributed by atoms with E-state index in [1.165, 1.54) is 13.0 Å². The zero-order chi connectivity index (χ0) is 14.0. The lowest BCUT2D eigenvalue weighted by Crippen LogP contribution is -2.29. The number of carbonyl (C=O) groups is 2. The van der Waals surface area contributed by atoms with Crippen LogP contribution < -0.4 is 0 Å². The van der Waals surface area contributed by atoms with Crippen LogP contribution in [-0.4, -0.2) is 25.2 Å². The van der Waals surface area contributed by atoms with Gasteiger partial charge >= 0.3 is 17.9 Å². The summed E-state index contributed by atoms with van der Waals surface area (Å²) < 4.78 is 36.8. The van der Waals surface area contributed by atoms with Gasteiger partial charge < -0.3 is 9.47 Å². The van der Waals surface area contributed by atoms with Gasteiger partial charge in [-0.05, 0) is 24.6 Å². The van der Waals surface area contributed by atoms with E-state index in [2.05, 4.69) is 4.74 Å². The number of fused-ring (bicyclic) bond motifs is 1. The Morgan fingerprint density at radius 2 is 2.21 bits per heavy atom. The fraction of sp³-hybridized carbons (Fsp3) is 0.385. The molecule has 0 aliphatic carbocycles. The Morgan fingerprint density at radius 3 is 2.89 bits per heavy atom. The fourth-order valence-electron chi connectivity index (χ4n) is 1.87. The van der Waals surface area contributed by atoms with Gasteiger partial charge in [0.05, 0.1) is 18.8 Å². The molecule has 0 bridgehead atoms. The number of rotatable bonds is 3. The molecule has 0 aromatic heterocycles.